The van der Waals surface area contributed by atoms with Crippen LogP contribution in [0.2, 0.25) is 0 Å². The molecule has 0 aromatic heterocycles. The predicted molar refractivity (Wildman–Crippen MR) is 408 cm³/mol. The van der Waals surface area contributed by atoms with E-state index in [1.165, 1.54) is 38.5 Å². The van der Waals surface area contributed by atoms with Crippen LogP contribution in [-0.4, -0.2) is 96.7 Å². The summed E-state index contributed by atoms with van der Waals surface area (Å²) in [6.45, 7) is 4.49. The number of phosphoric acid groups is 2. The molecule has 100 heavy (non-hydrogen) atoms. The number of carbonyl (C=O) groups excluding carboxylic acids is 4. The summed E-state index contributed by atoms with van der Waals surface area (Å²) < 4.78 is 68.5. The van der Waals surface area contributed by atoms with E-state index in [2.05, 4.69) is 149 Å². The molecule has 0 bridgehead atoms. The molecule has 0 aliphatic rings. The third-order valence-corrected chi connectivity index (χ3v) is 17.8. The number of hydrogen-bond acceptors (Lipinski definition) is 15. The summed E-state index contributed by atoms with van der Waals surface area (Å²) in [4.78, 5) is 72.9. The average Bonchev–Trinajstić information content (AvgIpc) is 1.02. The Hall–Kier alpha value is -4.54. The van der Waals surface area contributed by atoms with E-state index in [-0.39, 0.29) is 25.7 Å². The molecule has 0 spiro atoms. The summed E-state index contributed by atoms with van der Waals surface area (Å²) in [5.74, 6) is -2.22. The van der Waals surface area contributed by atoms with Crippen molar-refractivity contribution >= 4 is 39.5 Å². The van der Waals surface area contributed by atoms with Crippen LogP contribution >= 0.6 is 15.6 Å². The van der Waals surface area contributed by atoms with Crippen LogP contribution in [0.25, 0.3) is 0 Å². The minimum atomic E-state index is -4.99. The molecule has 0 saturated carbocycles. The molecule has 19 heteroatoms. The Balaban J connectivity index is 5.36. The zero-order chi connectivity index (χ0) is 73.2. The molecule has 5 atom stereocenters. The van der Waals surface area contributed by atoms with Gasteiger partial charge in [-0.25, -0.2) is 9.13 Å². The highest BCUT2D eigenvalue weighted by Crippen LogP contribution is 2.45. The lowest BCUT2D eigenvalue weighted by atomic mass is 10.1. The maximum atomic E-state index is 13.1. The van der Waals surface area contributed by atoms with Crippen molar-refractivity contribution in [1.29, 1.82) is 0 Å². The quantitative estimate of drug-likeness (QED) is 0.0169. The number of phosphoric ester groups is 2. The molecule has 17 nitrogen and oxygen atoms in total. The zero-order valence-electron chi connectivity index (χ0n) is 62.6. The minimum absolute atomic E-state index is 0.0679. The van der Waals surface area contributed by atoms with Gasteiger partial charge in [0.25, 0.3) is 0 Å². The Bertz CT molecular complexity index is 2370. The topological polar surface area (TPSA) is 237 Å². The largest absolute Gasteiger partial charge is 0.472 e. The van der Waals surface area contributed by atoms with Crippen LogP contribution < -0.4 is 0 Å². The highest BCUT2D eigenvalue weighted by molar-refractivity contribution is 7.47. The van der Waals surface area contributed by atoms with Crippen LogP contribution in [0, 0.1) is 0 Å². The SMILES string of the molecule is CC/C=C\C/C=C\C/C=C\C/C=C\CCCCCCC(=O)OCC(COP(=O)(O)OCC(O)COP(=O)(O)OCC(COC(=O)CCCCCCCCC/C=C\C/C=C\C/C=C\CC)OC(=O)CCCCCCCCCCCCC)OC(=O)CCCCCCC/C=C\C/C=C\C/C=C\CC. The normalized spacial score (nSPS) is 14.6. The number of aliphatic hydroxyl groups excluding tert-OH is 1. The molecule has 0 aromatic carbocycles. The van der Waals surface area contributed by atoms with Crippen LogP contribution in [0.15, 0.2) is 122 Å². The molecule has 5 unspecified atom stereocenters. The monoisotopic (exact) mass is 1440 g/mol. The van der Waals surface area contributed by atoms with Crippen molar-refractivity contribution < 1.29 is 80.2 Å². The van der Waals surface area contributed by atoms with Gasteiger partial charge in [0, 0.05) is 25.7 Å². The van der Waals surface area contributed by atoms with Gasteiger partial charge in [0.05, 0.1) is 26.4 Å². The molecule has 0 saturated heterocycles. The molecule has 0 rings (SSSR count). The van der Waals surface area contributed by atoms with Crippen molar-refractivity contribution in [3.8, 4) is 0 Å². The van der Waals surface area contributed by atoms with E-state index in [4.69, 9.17) is 37.0 Å². The van der Waals surface area contributed by atoms with E-state index in [1.807, 2.05) is 0 Å². The number of hydrogen-bond donors (Lipinski definition) is 3. The van der Waals surface area contributed by atoms with Gasteiger partial charge in [-0.2, -0.15) is 0 Å². The van der Waals surface area contributed by atoms with Gasteiger partial charge in [-0.15, -0.1) is 0 Å². The van der Waals surface area contributed by atoms with Gasteiger partial charge < -0.3 is 33.8 Å². The smallest absolute Gasteiger partial charge is 0.462 e. The Kier molecular flexibility index (Phi) is 69.5. The molecule has 574 valence electrons. The Morgan fingerprint density at radius 3 is 0.800 bits per heavy atom. The third-order valence-electron chi connectivity index (χ3n) is 15.9. The summed E-state index contributed by atoms with van der Waals surface area (Å²) in [6.07, 6.45) is 79.0. The fraction of sp³-hybridized carbons (Fsp3) is 0.704. The number of ether oxygens (including phenoxy) is 4. The molecule has 0 aliphatic carbocycles. The summed E-state index contributed by atoms with van der Waals surface area (Å²) >= 11 is 0. The van der Waals surface area contributed by atoms with Gasteiger partial charge in [-0.1, -0.05) is 278 Å². The fourth-order valence-corrected chi connectivity index (χ4v) is 11.7. The first-order chi connectivity index (χ1) is 48.7. The van der Waals surface area contributed by atoms with E-state index in [0.29, 0.717) is 25.7 Å². The van der Waals surface area contributed by atoms with Gasteiger partial charge >= 0.3 is 39.5 Å². The van der Waals surface area contributed by atoms with Crippen LogP contribution in [-0.2, 0) is 65.4 Å². The van der Waals surface area contributed by atoms with Gasteiger partial charge in [-0.3, -0.25) is 37.3 Å². The lowest BCUT2D eigenvalue weighted by Gasteiger charge is -2.21. The Morgan fingerprint density at radius 2 is 0.520 bits per heavy atom. The summed E-state index contributed by atoms with van der Waals surface area (Å²) in [6, 6.07) is 0. The molecule has 3 N–H and O–H groups in total. The second kappa shape index (κ2) is 72.8. The van der Waals surface area contributed by atoms with Crippen molar-refractivity contribution in [2.24, 2.45) is 0 Å². The number of aliphatic hydroxyl groups is 1. The van der Waals surface area contributed by atoms with Gasteiger partial charge in [0.1, 0.15) is 19.3 Å². The highest BCUT2D eigenvalue weighted by Gasteiger charge is 2.30. The number of carbonyl (C=O) groups is 4. The molecule has 0 heterocycles. The van der Waals surface area contributed by atoms with E-state index in [9.17, 15) is 43.2 Å². The van der Waals surface area contributed by atoms with Crippen molar-refractivity contribution in [3.05, 3.63) is 122 Å². The van der Waals surface area contributed by atoms with Crippen molar-refractivity contribution in [2.45, 2.75) is 329 Å². The maximum Gasteiger partial charge on any atom is 0.472 e. The van der Waals surface area contributed by atoms with Crippen molar-refractivity contribution in [3.63, 3.8) is 0 Å². The fourth-order valence-electron chi connectivity index (χ4n) is 10.1. The van der Waals surface area contributed by atoms with Crippen molar-refractivity contribution in [2.75, 3.05) is 39.6 Å². The Morgan fingerprint density at radius 1 is 0.290 bits per heavy atom. The van der Waals surface area contributed by atoms with Crippen LogP contribution in [0.4, 0.5) is 0 Å². The van der Waals surface area contributed by atoms with Gasteiger partial charge in [0.15, 0.2) is 12.2 Å². The molecule has 0 fully saturated rings. The lowest BCUT2D eigenvalue weighted by molar-refractivity contribution is -0.161. The number of rotatable bonds is 72. The molecule has 0 aliphatic heterocycles. The van der Waals surface area contributed by atoms with Gasteiger partial charge in [0.2, 0.25) is 0 Å². The first kappa shape index (κ1) is 95.5. The first-order valence-corrected chi connectivity index (χ1v) is 41.8. The number of esters is 4. The second-order valence-electron chi connectivity index (χ2n) is 25.5. The van der Waals surface area contributed by atoms with E-state index in [1.54, 1.807) is 0 Å². The van der Waals surface area contributed by atoms with E-state index < -0.39 is 97.5 Å². The van der Waals surface area contributed by atoms with Crippen LogP contribution in [0.1, 0.15) is 310 Å². The summed E-state index contributed by atoms with van der Waals surface area (Å²) in [5.41, 5.74) is 0. The lowest BCUT2D eigenvalue weighted by Crippen LogP contribution is -2.30. The van der Waals surface area contributed by atoms with Crippen LogP contribution in [0.5, 0.6) is 0 Å². The van der Waals surface area contributed by atoms with E-state index in [0.717, 1.165) is 193 Å². The molecule has 0 aromatic rings. The van der Waals surface area contributed by atoms with Gasteiger partial charge in [-0.05, 0) is 128 Å². The highest BCUT2D eigenvalue weighted by atomic mass is 31.2. The standard InChI is InChI=1S/C81H138O17P2/c1-5-9-13-17-21-25-29-32-35-37-40-42-46-49-53-57-61-65-78(83)91-71-76(97-80(85)67-63-59-55-51-45-28-24-20-16-12-8-4)73-95-99(87,88)93-69-75(82)70-94-100(89,90)96-74-77(98-81(86)68-64-60-56-52-48-44-39-34-31-27-23-19-15-11-7-3)72-92-79(84)66-62-58-54-50-47-43-41-38-36-33-30-26-22-18-14-10-6-2/h9-11,13-15,21-23,25-27,32-36,39,41,43,75-77,82H,5-8,12,16-20,24,28-31,37-38,40,42,44-74H2,1-4H3,(H,87,88)(H,89,90)/b13-9-,14-10-,15-11-,25-21-,26-22-,27-23-,35-32-,36-33-,39-34-,43-41-. The van der Waals surface area contributed by atoms with Crippen LogP contribution in [0.3, 0.4) is 0 Å². The Labute approximate surface area is 606 Å². The molecular formula is C81H138O17P2. The second-order valence-corrected chi connectivity index (χ2v) is 28.4. The predicted octanol–water partition coefficient (Wildman–Crippen LogP) is 22.3. The third kappa shape index (κ3) is 71.8. The minimum Gasteiger partial charge on any atom is -0.462 e. The summed E-state index contributed by atoms with van der Waals surface area (Å²) in [5, 5.41) is 10.6. The van der Waals surface area contributed by atoms with Crippen molar-refractivity contribution in [1.82, 2.24) is 0 Å². The average molecular weight is 1450 g/mol. The number of unbranched alkanes of at least 4 members (excludes halogenated alkanes) is 26. The summed E-state index contributed by atoms with van der Waals surface area (Å²) in [7, 11) is -9.96. The number of allylic oxidation sites excluding steroid dienone is 20. The zero-order valence-corrected chi connectivity index (χ0v) is 64.4. The molecular weight excluding hydrogens is 1310 g/mol. The maximum absolute atomic E-state index is 13.1. The first-order valence-electron chi connectivity index (χ1n) is 38.8. The molecule has 0 amide bonds. The molecule has 0 radical (unpaired) electrons. The van der Waals surface area contributed by atoms with E-state index >= 15 is 0 Å².